The lowest BCUT2D eigenvalue weighted by Crippen LogP contribution is -2.63. The second-order valence-corrected chi connectivity index (χ2v) is 6.02. The predicted molar refractivity (Wildman–Crippen MR) is 50.3 cm³/mol. The first-order valence-electron chi connectivity index (χ1n) is 4.73. The van der Waals surface area contributed by atoms with Gasteiger partial charge >= 0.3 is 0 Å². The molecule has 0 amide bonds. The van der Waals surface area contributed by atoms with E-state index in [0.29, 0.717) is 17.3 Å². The van der Waals surface area contributed by atoms with Crippen LogP contribution in [0.3, 0.4) is 0 Å². The number of rotatable bonds is 0. The van der Waals surface area contributed by atoms with E-state index in [1.165, 1.54) is 6.42 Å². The van der Waals surface area contributed by atoms with Crippen LogP contribution >= 0.6 is 11.6 Å². The second kappa shape index (κ2) is 2.19. The Morgan fingerprint density at radius 1 is 1.25 bits per heavy atom. The standard InChI is InChI=1S/C10H17ClO/c1-9(2)6-4-7(9)10(3,11)8(12)5-6/h6-8,12H,4-5H2,1-3H3. The van der Waals surface area contributed by atoms with Gasteiger partial charge in [-0.2, -0.15) is 0 Å². The fourth-order valence-corrected chi connectivity index (χ4v) is 3.57. The van der Waals surface area contributed by atoms with Crippen LogP contribution in [0.4, 0.5) is 0 Å². The van der Waals surface area contributed by atoms with Crippen molar-refractivity contribution in [2.45, 2.75) is 44.6 Å². The van der Waals surface area contributed by atoms with Crippen LogP contribution < -0.4 is 0 Å². The Morgan fingerprint density at radius 2 is 1.83 bits per heavy atom. The van der Waals surface area contributed by atoms with Gasteiger partial charge in [-0.25, -0.2) is 0 Å². The van der Waals surface area contributed by atoms with Crippen molar-refractivity contribution in [3.63, 3.8) is 0 Å². The molecule has 3 rings (SSSR count). The molecule has 0 saturated heterocycles. The lowest BCUT2D eigenvalue weighted by Gasteiger charge is -2.64. The van der Waals surface area contributed by atoms with Crippen LogP contribution in [-0.2, 0) is 0 Å². The quantitative estimate of drug-likeness (QED) is 0.579. The summed E-state index contributed by atoms with van der Waals surface area (Å²) in [4.78, 5) is -0.377. The Labute approximate surface area is 79.1 Å². The van der Waals surface area contributed by atoms with Gasteiger partial charge in [0.1, 0.15) is 0 Å². The first-order chi connectivity index (χ1) is 5.37. The minimum Gasteiger partial charge on any atom is -0.391 e. The number of fused-ring (bicyclic) bond motifs is 2. The van der Waals surface area contributed by atoms with Crippen LogP contribution in [0.5, 0.6) is 0 Å². The maximum Gasteiger partial charge on any atom is 0.0734 e. The van der Waals surface area contributed by atoms with Crippen molar-refractivity contribution < 1.29 is 5.11 Å². The molecule has 0 heterocycles. The van der Waals surface area contributed by atoms with E-state index in [9.17, 15) is 5.11 Å². The van der Waals surface area contributed by atoms with Gasteiger partial charge in [0.25, 0.3) is 0 Å². The summed E-state index contributed by atoms with van der Waals surface area (Å²) in [6.45, 7) is 6.54. The van der Waals surface area contributed by atoms with E-state index in [1.807, 2.05) is 6.92 Å². The SMILES string of the molecule is CC1(C)C2CC(O)C(C)(Cl)C1C2. The van der Waals surface area contributed by atoms with E-state index in [2.05, 4.69) is 13.8 Å². The summed E-state index contributed by atoms with van der Waals surface area (Å²) >= 11 is 6.35. The van der Waals surface area contributed by atoms with Gasteiger partial charge in [-0.05, 0) is 37.0 Å². The summed E-state index contributed by atoms with van der Waals surface area (Å²) in [6.07, 6.45) is 1.81. The molecule has 1 nitrogen and oxygen atoms in total. The maximum absolute atomic E-state index is 9.74. The molecular weight excluding hydrogens is 172 g/mol. The highest BCUT2D eigenvalue weighted by Crippen LogP contribution is 2.64. The monoisotopic (exact) mass is 188 g/mol. The largest absolute Gasteiger partial charge is 0.391 e. The van der Waals surface area contributed by atoms with Crippen LogP contribution in [-0.4, -0.2) is 16.1 Å². The molecule has 2 bridgehead atoms. The Hall–Kier alpha value is 0.250. The van der Waals surface area contributed by atoms with Crippen molar-refractivity contribution >= 4 is 11.6 Å². The molecular formula is C10H17ClO. The van der Waals surface area contributed by atoms with Crippen molar-refractivity contribution in [1.82, 2.24) is 0 Å². The highest BCUT2D eigenvalue weighted by Gasteiger charge is 2.62. The minimum absolute atomic E-state index is 0.295. The Bertz CT molecular complexity index is 210. The van der Waals surface area contributed by atoms with Gasteiger partial charge in [0.2, 0.25) is 0 Å². The molecule has 3 saturated carbocycles. The average Bonchev–Trinajstić information content (AvgIpc) is 1.93. The summed E-state index contributed by atoms with van der Waals surface area (Å²) in [5.74, 6) is 1.20. The van der Waals surface area contributed by atoms with Crippen LogP contribution in [0.1, 0.15) is 33.6 Å². The normalized spacial score (nSPS) is 56.2. The zero-order chi connectivity index (χ0) is 9.15. The summed E-state index contributed by atoms with van der Waals surface area (Å²) in [5.41, 5.74) is 0.357. The third-order valence-electron chi connectivity index (χ3n) is 4.31. The molecule has 3 aliphatic rings. The third-order valence-corrected chi connectivity index (χ3v) is 4.83. The van der Waals surface area contributed by atoms with Gasteiger partial charge < -0.3 is 5.11 Å². The Balaban J connectivity index is 2.27. The van der Waals surface area contributed by atoms with Crippen molar-refractivity contribution in [2.24, 2.45) is 17.3 Å². The zero-order valence-electron chi connectivity index (χ0n) is 7.97. The minimum atomic E-state index is -0.377. The lowest BCUT2D eigenvalue weighted by molar-refractivity contribution is -0.141. The molecule has 0 aliphatic heterocycles. The summed E-state index contributed by atoms with van der Waals surface area (Å²) in [6, 6.07) is 0. The highest BCUT2D eigenvalue weighted by atomic mass is 35.5. The molecule has 0 radical (unpaired) electrons. The highest BCUT2D eigenvalue weighted by molar-refractivity contribution is 6.24. The lowest BCUT2D eigenvalue weighted by atomic mass is 9.45. The van der Waals surface area contributed by atoms with Gasteiger partial charge in [-0.1, -0.05) is 13.8 Å². The Kier molecular flexibility index (Phi) is 1.61. The van der Waals surface area contributed by atoms with Crippen LogP contribution in [0, 0.1) is 17.3 Å². The number of halogens is 1. The van der Waals surface area contributed by atoms with Crippen molar-refractivity contribution in [2.75, 3.05) is 0 Å². The van der Waals surface area contributed by atoms with Crippen molar-refractivity contribution in [3.8, 4) is 0 Å². The first-order valence-corrected chi connectivity index (χ1v) is 5.11. The molecule has 0 aromatic heterocycles. The molecule has 0 spiro atoms. The number of hydrogen-bond donors (Lipinski definition) is 1. The van der Waals surface area contributed by atoms with Gasteiger partial charge in [-0.3, -0.25) is 0 Å². The maximum atomic E-state index is 9.74. The van der Waals surface area contributed by atoms with Crippen LogP contribution in [0.15, 0.2) is 0 Å². The zero-order valence-corrected chi connectivity index (χ0v) is 8.73. The van der Waals surface area contributed by atoms with E-state index in [1.54, 1.807) is 0 Å². The van der Waals surface area contributed by atoms with E-state index < -0.39 is 0 Å². The third kappa shape index (κ3) is 0.843. The predicted octanol–water partition coefficient (Wildman–Crippen LogP) is 2.41. The molecule has 1 N–H and O–H groups in total. The first kappa shape index (κ1) is 8.83. The van der Waals surface area contributed by atoms with E-state index in [-0.39, 0.29) is 11.0 Å². The van der Waals surface area contributed by atoms with E-state index in [4.69, 9.17) is 11.6 Å². The summed E-state index contributed by atoms with van der Waals surface area (Å²) in [5, 5.41) is 9.74. The van der Waals surface area contributed by atoms with Crippen molar-refractivity contribution in [1.29, 1.82) is 0 Å². The number of aliphatic hydroxyl groups excluding tert-OH is 1. The fourth-order valence-electron chi connectivity index (χ4n) is 3.11. The average molecular weight is 189 g/mol. The molecule has 12 heavy (non-hydrogen) atoms. The van der Waals surface area contributed by atoms with Crippen LogP contribution in [0.25, 0.3) is 0 Å². The molecule has 70 valence electrons. The van der Waals surface area contributed by atoms with Gasteiger partial charge in [0.15, 0.2) is 0 Å². The molecule has 0 aromatic rings. The summed E-state index contributed by atoms with van der Waals surface area (Å²) < 4.78 is 0. The number of aliphatic hydroxyl groups is 1. The summed E-state index contributed by atoms with van der Waals surface area (Å²) in [7, 11) is 0. The smallest absolute Gasteiger partial charge is 0.0734 e. The fraction of sp³-hybridized carbons (Fsp3) is 1.00. The van der Waals surface area contributed by atoms with Crippen molar-refractivity contribution in [3.05, 3.63) is 0 Å². The van der Waals surface area contributed by atoms with E-state index >= 15 is 0 Å². The molecule has 3 fully saturated rings. The Morgan fingerprint density at radius 3 is 2.17 bits per heavy atom. The number of hydrogen-bond acceptors (Lipinski definition) is 1. The molecule has 4 atom stereocenters. The van der Waals surface area contributed by atoms with Gasteiger partial charge in [0.05, 0.1) is 11.0 Å². The van der Waals surface area contributed by atoms with Gasteiger partial charge in [-0.15, -0.1) is 11.6 Å². The number of alkyl halides is 1. The van der Waals surface area contributed by atoms with Gasteiger partial charge in [0, 0.05) is 0 Å². The second-order valence-electron chi connectivity index (χ2n) is 5.21. The topological polar surface area (TPSA) is 20.2 Å². The van der Waals surface area contributed by atoms with Crippen LogP contribution in [0.2, 0.25) is 0 Å². The molecule has 3 aliphatic carbocycles. The van der Waals surface area contributed by atoms with E-state index in [0.717, 1.165) is 6.42 Å². The molecule has 4 unspecified atom stereocenters. The molecule has 0 aromatic carbocycles. The molecule has 2 heteroatoms.